The first-order valence-corrected chi connectivity index (χ1v) is 7.19. The molecule has 0 amide bonds. The minimum atomic E-state index is -0.104. The van der Waals surface area contributed by atoms with E-state index in [1.807, 2.05) is 12.3 Å². The van der Waals surface area contributed by atoms with Gasteiger partial charge in [-0.3, -0.25) is 9.88 Å². The van der Waals surface area contributed by atoms with Gasteiger partial charge in [0.05, 0.1) is 26.5 Å². The topological polar surface area (TPSA) is 60.6 Å². The summed E-state index contributed by atoms with van der Waals surface area (Å²) in [7, 11) is 1.65. The van der Waals surface area contributed by atoms with E-state index in [2.05, 4.69) is 23.7 Å². The molecule has 2 N–H and O–H groups in total. The normalized spacial score (nSPS) is 21.2. The SMILES string of the molecule is CCC(C)(C(N)c1cncc(OC)c1)N1CCOCC1. The number of ether oxygens (including phenoxy) is 2. The van der Waals surface area contributed by atoms with E-state index in [9.17, 15) is 0 Å². The molecule has 2 heterocycles. The second-order valence-electron chi connectivity index (χ2n) is 5.45. The lowest BCUT2D eigenvalue weighted by atomic mass is 9.83. The van der Waals surface area contributed by atoms with E-state index in [0.717, 1.165) is 44.0 Å². The van der Waals surface area contributed by atoms with E-state index >= 15 is 0 Å². The van der Waals surface area contributed by atoms with Crippen molar-refractivity contribution in [1.29, 1.82) is 0 Å². The Hall–Kier alpha value is -1.17. The van der Waals surface area contributed by atoms with E-state index in [0.29, 0.717) is 0 Å². The molecular weight excluding hydrogens is 254 g/mol. The minimum Gasteiger partial charge on any atom is -0.495 e. The molecule has 0 aromatic carbocycles. The van der Waals surface area contributed by atoms with Gasteiger partial charge in [0, 0.05) is 30.9 Å². The molecule has 5 nitrogen and oxygen atoms in total. The molecule has 1 fully saturated rings. The van der Waals surface area contributed by atoms with Crippen molar-refractivity contribution in [3.8, 4) is 5.75 Å². The maximum absolute atomic E-state index is 6.56. The van der Waals surface area contributed by atoms with Gasteiger partial charge in [-0.05, 0) is 25.0 Å². The maximum atomic E-state index is 6.56. The molecule has 0 spiro atoms. The van der Waals surface area contributed by atoms with Gasteiger partial charge in [0.15, 0.2) is 0 Å². The van der Waals surface area contributed by atoms with Gasteiger partial charge in [0.2, 0.25) is 0 Å². The van der Waals surface area contributed by atoms with Crippen molar-refractivity contribution in [2.24, 2.45) is 5.73 Å². The van der Waals surface area contributed by atoms with Gasteiger partial charge in [-0.15, -0.1) is 0 Å². The summed E-state index contributed by atoms with van der Waals surface area (Å²) in [5.74, 6) is 0.749. The summed E-state index contributed by atoms with van der Waals surface area (Å²) in [6, 6.07) is 1.87. The van der Waals surface area contributed by atoms with E-state index in [1.54, 1.807) is 13.3 Å². The van der Waals surface area contributed by atoms with Crippen LogP contribution in [0.4, 0.5) is 0 Å². The van der Waals surface area contributed by atoms with Crippen LogP contribution in [-0.2, 0) is 4.74 Å². The molecule has 2 rings (SSSR count). The number of nitrogens with two attached hydrogens (primary N) is 1. The Balaban J connectivity index is 2.24. The van der Waals surface area contributed by atoms with Crippen LogP contribution in [0.3, 0.4) is 0 Å². The van der Waals surface area contributed by atoms with E-state index in [4.69, 9.17) is 15.2 Å². The fourth-order valence-corrected chi connectivity index (χ4v) is 2.79. The predicted molar refractivity (Wildman–Crippen MR) is 78.8 cm³/mol. The van der Waals surface area contributed by atoms with Crippen LogP contribution in [0.5, 0.6) is 5.75 Å². The average molecular weight is 279 g/mol. The molecule has 1 aromatic heterocycles. The van der Waals surface area contributed by atoms with Gasteiger partial charge in [0.25, 0.3) is 0 Å². The average Bonchev–Trinajstić information content (AvgIpc) is 2.54. The number of hydrogen-bond donors (Lipinski definition) is 1. The monoisotopic (exact) mass is 279 g/mol. The molecule has 0 saturated carbocycles. The number of hydrogen-bond acceptors (Lipinski definition) is 5. The first-order valence-electron chi connectivity index (χ1n) is 7.19. The molecule has 0 radical (unpaired) electrons. The van der Waals surface area contributed by atoms with Gasteiger partial charge in [-0.2, -0.15) is 0 Å². The Labute approximate surface area is 121 Å². The highest BCUT2D eigenvalue weighted by molar-refractivity contribution is 5.28. The molecule has 1 aromatic rings. The Morgan fingerprint density at radius 2 is 2.15 bits per heavy atom. The number of nitrogens with zero attached hydrogens (tertiary/aromatic N) is 2. The van der Waals surface area contributed by atoms with Crippen LogP contribution >= 0.6 is 0 Å². The Morgan fingerprint density at radius 1 is 1.45 bits per heavy atom. The zero-order chi connectivity index (χ0) is 14.6. The van der Waals surface area contributed by atoms with Crippen LogP contribution in [-0.4, -0.2) is 48.8 Å². The molecule has 0 aliphatic carbocycles. The third-order valence-corrected chi connectivity index (χ3v) is 4.45. The summed E-state index contributed by atoms with van der Waals surface area (Å²) < 4.78 is 10.7. The molecule has 5 heteroatoms. The van der Waals surface area contributed by atoms with Crippen LogP contribution in [0.2, 0.25) is 0 Å². The molecule has 112 valence electrons. The maximum Gasteiger partial charge on any atom is 0.137 e. The number of aromatic nitrogens is 1. The fraction of sp³-hybridized carbons (Fsp3) is 0.667. The molecule has 2 unspecified atom stereocenters. The van der Waals surface area contributed by atoms with Crippen LogP contribution in [0.15, 0.2) is 18.5 Å². The number of rotatable bonds is 5. The summed E-state index contributed by atoms with van der Waals surface area (Å²) in [4.78, 5) is 6.65. The molecule has 1 aliphatic rings. The van der Waals surface area contributed by atoms with Crippen molar-refractivity contribution in [3.05, 3.63) is 24.0 Å². The highest BCUT2D eigenvalue weighted by Crippen LogP contribution is 2.33. The van der Waals surface area contributed by atoms with E-state index in [1.165, 1.54) is 0 Å². The Kier molecular flexibility index (Phi) is 4.96. The van der Waals surface area contributed by atoms with Crippen LogP contribution in [0, 0.1) is 0 Å². The first kappa shape index (κ1) is 15.2. The molecule has 1 aliphatic heterocycles. The van der Waals surface area contributed by atoms with Crippen molar-refractivity contribution in [2.75, 3.05) is 33.4 Å². The van der Waals surface area contributed by atoms with Crippen LogP contribution in [0.25, 0.3) is 0 Å². The molecule has 2 atom stereocenters. The van der Waals surface area contributed by atoms with Crippen LogP contribution in [0.1, 0.15) is 31.9 Å². The minimum absolute atomic E-state index is 0.0994. The number of pyridine rings is 1. The van der Waals surface area contributed by atoms with E-state index < -0.39 is 0 Å². The second-order valence-corrected chi connectivity index (χ2v) is 5.45. The predicted octanol–water partition coefficient (Wildman–Crippen LogP) is 1.59. The fourth-order valence-electron chi connectivity index (χ4n) is 2.79. The Bertz CT molecular complexity index is 435. The lowest BCUT2D eigenvalue weighted by Crippen LogP contribution is -2.56. The Morgan fingerprint density at radius 3 is 2.75 bits per heavy atom. The molecule has 0 bridgehead atoms. The third kappa shape index (κ3) is 2.95. The molecular formula is C15H25N3O2. The quantitative estimate of drug-likeness (QED) is 0.887. The third-order valence-electron chi connectivity index (χ3n) is 4.45. The largest absolute Gasteiger partial charge is 0.495 e. The van der Waals surface area contributed by atoms with Crippen molar-refractivity contribution < 1.29 is 9.47 Å². The van der Waals surface area contributed by atoms with Gasteiger partial charge >= 0.3 is 0 Å². The van der Waals surface area contributed by atoms with Gasteiger partial charge < -0.3 is 15.2 Å². The van der Waals surface area contributed by atoms with Crippen LogP contribution < -0.4 is 10.5 Å². The van der Waals surface area contributed by atoms with Gasteiger partial charge in [0.1, 0.15) is 5.75 Å². The number of morpholine rings is 1. The van der Waals surface area contributed by atoms with Gasteiger partial charge in [-0.1, -0.05) is 6.92 Å². The molecule has 1 saturated heterocycles. The van der Waals surface area contributed by atoms with Crippen molar-refractivity contribution in [1.82, 2.24) is 9.88 Å². The summed E-state index contributed by atoms with van der Waals surface area (Å²) in [6.45, 7) is 7.81. The zero-order valence-corrected chi connectivity index (χ0v) is 12.6. The lowest BCUT2D eigenvalue weighted by Gasteiger charge is -2.46. The number of methoxy groups -OCH3 is 1. The highest BCUT2D eigenvalue weighted by Gasteiger charge is 2.38. The first-order chi connectivity index (χ1) is 9.61. The van der Waals surface area contributed by atoms with Crippen molar-refractivity contribution in [2.45, 2.75) is 31.8 Å². The van der Waals surface area contributed by atoms with Crippen molar-refractivity contribution >= 4 is 0 Å². The summed E-state index contributed by atoms with van der Waals surface area (Å²) in [6.07, 6.45) is 4.52. The van der Waals surface area contributed by atoms with E-state index in [-0.39, 0.29) is 11.6 Å². The zero-order valence-electron chi connectivity index (χ0n) is 12.6. The highest BCUT2D eigenvalue weighted by atomic mass is 16.5. The smallest absolute Gasteiger partial charge is 0.137 e. The van der Waals surface area contributed by atoms with Gasteiger partial charge in [-0.25, -0.2) is 0 Å². The molecule has 20 heavy (non-hydrogen) atoms. The summed E-state index contributed by atoms with van der Waals surface area (Å²) in [5, 5.41) is 0. The summed E-state index contributed by atoms with van der Waals surface area (Å²) >= 11 is 0. The van der Waals surface area contributed by atoms with Crippen molar-refractivity contribution in [3.63, 3.8) is 0 Å². The lowest BCUT2D eigenvalue weighted by molar-refractivity contribution is -0.0278. The standard InChI is InChI=1S/C15H25N3O2/c1-4-15(2,18-5-7-20-8-6-18)14(16)12-9-13(19-3)11-17-10-12/h9-11,14H,4-8,16H2,1-3H3. The summed E-state index contributed by atoms with van der Waals surface area (Å²) in [5.41, 5.74) is 7.48. The second kappa shape index (κ2) is 6.52.